The van der Waals surface area contributed by atoms with Crippen molar-refractivity contribution in [2.45, 2.75) is 30.0 Å². The van der Waals surface area contributed by atoms with Crippen LogP contribution in [0, 0.1) is 0 Å². The molecule has 2 N–H and O–H groups in total. The van der Waals surface area contributed by atoms with Gasteiger partial charge in [-0.3, -0.25) is 4.79 Å². The lowest BCUT2D eigenvalue weighted by Crippen LogP contribution is -2.25. The van der Waals surface area contributed by atoms with Crippen molar-refractivity contribution < 1.29 is 31.1 Å². The fourth-order valence-electron chi connectivity index (χ4n) is 2.45. The molecule has 30 heavy (non-hydrogen) atoms. The molecule has 1 saturated carbocycles. The van der Waals surface area contributed by atoms with E-state index in [1.807, 2.05) is 0 Å². The summed E-state index contributed by atoms with van der Waals surface area (Å²) in [6, 6.07) is 11.7. The van der Waals surface area contributed by atoms with E-state index >= 15 is 0 Å². The maximum atomic E-state index is 12.3. The van der Waals surface area contributed by atoms with Crippen LogP contribution in [0.5, 0.6) is 5.75 Å². The quantitative estimate of drug-likeness (QED) is 0.613. The van der Waals surface area contributed by atoms with Gasteiger partial charge in [0.2, 0.25) is 15.9 Å². The lowest BCUT2D eigenvalue weighted by atomic mass is 10.2. The zero-order valence-corrected chi connectivity index (χ0v) is 16.5. The molecular weight excluding hydrogens is 421 g/mol. The van der Waals surface area contributed by atoms with Gasteiger partial charge in [-0.25, -0.2) is 13.1 Å². The molecule has 0 spiro atoms. The zero-order valence-electron chi connectivity index (χ0n) is 15.6. The van der Waals surface area contributed by atoms with Crippen LogP contribution in [0.3, 0.4) is 0 Å². The minimum absolute atomic E-state index is 0.00116. The molecule has 6 nitrogen and oxygen atoms in total. The first-order valence-electron chi connectivity index (χ1n) is 9.02. The predicted molar refractivity (Wildman–Crippen MR) is 105 cm³/mol. The van der Waals surface area contributed by atoms with Crippen LogP contribution in [0.1, 0.15) is 18.4 Å². The number of sulfonamides is 1. The van der Waals surface area contributed by atoms with Crippen molar-refractivity contribution in [1.29, 1.82) is 0 Å². The van der Waals surface area contributed by atoms with E-state index in [0.717, 1.165) is 12.8 Å². The van der Waals surface area contributed by atoms with Gasteiger partial charge in [0, 0.05) is 12.1 Å². The highest BCUT2D eigenvalue weighted by molar-refractivity contribution is 7.89. The van der Waals surface area contributed by atoms with Gasteiger partial charge < -0.3 is 10.1 Å². The Morgan fingerprint density at radius 3 is 2.40 bits per heavy atom. The van der Waals surface area contributed by atoms with Crippen molar-refractivity contribution in [3.8, 4) is 5.75 Å². The highest BCUT2D eigenvalue weighted by Crippen LogP contribution is 2.26. The van der Waals surface area contributed by atoms with Crippen molar-refractivity contribution in [2.75, 3.05) is 11.9 Å². The fraction of sp³-hybridized carbons (Fsp3) is 0.250. The zero-order chi connectivity index (χ0) is 21.8. The van der Waals surface area contributed by atoms with Gasteiger partial charge >= 0.3 is 6.18 Å². The Balaban J connectivity index is 1.61. The average Bonchev–Trinajstić information content (AvgIpc) is 3.49. The van der Waals surface area contributed by atoms with Crippen molar-refractivity contribution in [1.82, 2.24) is 4.72 Å². The summed E-state index contributed by atoms with van der Waals surface area (Å²) >= 11 is 0. The maximum absolute atomic E-state index is 12.3. The molecule has 0 saturated heterocycles. The van der Waals surface area contributed by atoms with Crippen molar-refractivity contribution >= 4 is 27.7 Å². The smallest absolute Gasteiger partial charge is 0.422 e. The van der Waals surface area contributed by atoms with E-state index in [1.165, 1.54) is 42.5 Å². The molecule has 0 radical (unpaired) electrons. The summed E-state index contributed by atoms with van der Waals surface area (Å²) < 4.78 is 68.6. The van der Waals surface area contributed by atoms with E-state index in [1.54, 1.807) is 18.2 Å². The van der Waals surface area contributed by atoms with Gasteiger partial charge in [-0.1, -0.05) is 24.3 Å². The molecule has 0 atom stereocenters. The van der Waals surface area contributed by atoms with Crippen LogP contribution < -0.4 is 14.8 Å². The van der Waals surface area contributed by atoms with E-state index < -0.39 is 28.7 Å². The monoisotopic (exact) mass is 440 g/mol. The second-order valence-corrected chi connectivity index (χ2v) is 8.40. The molecule has 160 valence electrons. The van der Waals surface area contributed by atoms with E-state index in [0.29, 0.717) is 5.56 Å². The lowest BCUT2D eigenvalue weighted by molar-refractivity contribution is -0.153. The lowest BCUT2D eigenvalue weighted by Gasteiger charge is -2.13. The molecule has 0 aromatic heterocycles. The Labute approximate surface area is 171 Å². The molecule has 1 amide bonds. The number of anilines is 1. The molecule has 2 aromatic rings. The first kappa shape index (κ1) is 21.8. The third-order valence-electron chi connectivity index (χ3n) is 4.05. The van der Waals surface area contributed by atoms with E-state index in [4.69, 9.17) is 4.74 Å². The minimum atomic E-state index is -4.50. The number of amides is 1. The number of ether oxygens (including phenoxy) is 1. The SMILES string of the molecule is O=C(/C=C/c1ccc(S(=O)(=O)NC2CC2)cc1)Nc1ccccc1OCC(F)(F)F. The van der Waals surface area contributed by atoms with Gasteiger partial charge in [0.1, 0.15) is 5.75 Å². The van der Waals surface area contributed by atoms with Gasteiger partial charge in [-0.15, -0.1) is 0 Å². The summed E-state index contributed by atoms with van der Waals surface area (Å²) in [4.78, 5) is 12.2. The number of benzene rings is 2. The highest BCUT2D eigenvalue weighted by Gasteiger charge is 2.29. The van der Waals surface area contributed by atoms with Gasteiger partial charge in [0.15, 0.2) is 6.61 Å². The number of para-hydroxylation sites is 2. The molecule has 0 heterocycles. The van der Waals surface area contributed by atoms with Crippen LogP contribution in [0.25, 0.3) is 6.08 Å². The number of nitrogens with one attached hydrogen (secondary N) is 2. The van der Waals surface area contributed by atoms with Crippen LogP contribution in [0.2, 0.25) is 0 Å². The number of halogens is 3. The average molecular weight is 440 g/mol. The summed E-state index contributed by atoms with van der Waals surface area (Å²) in [5, 5.41) is 2.46. The standard InChI is InChI=1S/C20H19F3N2O4S/c21-20(22,23)13-29-18-4-2-1-3-17(18)24-19(26)12-7-14-5-10-16(11-6-14)30(27,28)25-15-8-9-15/h1-7,10-12,15,25H,8-9,13H2,(H,24,26)/b12-7+. The van der Waals surface area contributed by atoms with Crippen molar-refractivity contribution in [3.05, 3.63) is 60.2 Å². The Morgan fingerprint density at radius 1 is 1.10 bits per heavy atom. The van der Waals surface area contributed by atoms with Gasteiger partial charge in [-0.05, 0) is 48.7 Å². The molecule has 0 unspecified atom stereocenters. The van der Waals surface area contributed by atoms with E-state index in [2.05, 4.69) is 10.0 Å². The second kappa shape index (κ2) is 8.88. The number of alkyl halides is 3. The fourth-order valence-corrected chi connectivity index (χ4v) is 3.75. The van der Waals surface area contributed by atoms with Crippen LogP contribution in [0.4, 0.5) is 18.9 Å². The Kier molecular flexibility index (Phi) is 6.47. The molecule has 2 aromatic carbocycles. The Morgan fingerprint density at radius 2 is 1.77 bits per heavy atom. The molecule has 0 aliphatic heterocycles. The highest BCUT2D eigenvalue weighted by atomic mass is 32.2. The number of hydrogen-bond acceptors (Lipinski definition) is 4. The van der Waals surface area contributed by atoms with Gasteiger partial charge in [-0.2, -0.15) is 13.2 Å². The first-order valence-corrected chi connectivity index (χ1v) is 10.5. The predicted octanol–water partition coefficient (Wildman–Crippen LogP) is 3.72. The normalized spacial score (nSPS) is 14.6. The van der Waals surface area contributed by atoms with Crippen LogP contribution in [-0.4, -0.2) is 33.1 Å². The Hall–Kier alpha value is -2.85. The molecular formula is C20H19F3N2O4S. The number of rotatable bonds is 8. The topological polar surface area (TPSA) is 84.5 Å². The largest absolute Gasteiger partial charge is 0.482 e. The molecule has 3 rings (SSSR count). The van der Waals surface area contributed by atoms with Crippen molar-refractivity contribution in [2.24, 2.45) is 0 Å². The van der Waals surface area contributed by atoms with E-state index in [9.17, 15) is 26.4 Å². The van der Waals surface area contributed by atoms with Crippen LogP contribution in [-0.2, 0) is 14.8 Å². The molecule has 10 heteroatoms. The molecule has 0 bridgehead atoms. The van der Waals surface area contributed by atoms with Crippen molar-refractivity contribution in [3.63, 3.8) is 0 Å². The maximum Gasteiger partial charge on any atom is 0.422 e. The first-order chi connectivity index (χ1) is 14.1. The number of carbonyl (C=O) groups excluding carboxylic acids is 1. The summed E-state index contributed by atoms with van der Waals surface area (Å²) in [7, 11) is -3.55. The van der Waals surface area contributed by atoms with Crippen LogP contribution >= 0.6 is 0 Å². The Bertz CT molecular complexity index is 1030. The summed E-state index contributed by atoms with van der Waals surface area (Å²) in [5.74, 6) is -0.681. The van der Waals surface area contributed by atoms with Gasteiger partial charge in [0.05, 0.1) is 10.6 Å². The third-order valence-corrected chi connectivity index (χ3v) is 5.59. The molecule has 1 fully saturated rings. The summed E-state index contributed by atoms with van der Waals surface area (Å²) in [6.07, 6.45) is -0.185. The van der Waals surface area contributed by atoms with Gasteiger partial charge in [0.25, 0.3) is 0 Å². The number of hydrogen-bond donors (Lipinski definition) is 2. The van der Waals surface area contributed by atoms with E-state index in [-0.39, 0.29) is 22.4 Å². The number of carbonyl (C=O) groups is 1. The molecule has 1 aliphatic carbocycles. The third kappa shape index (κ3) is 6.60. The molecule has 1 aliphatic rings. The minimum Gasteiger partial charge on any atom is -0.482 e. The summed E-state index contributed by atoms with van der Waals surface area (Å²) in [6.45, 7) is -1.47. The van der Waals surface area contributed by atoms with Crippen LogP contribution in [0.15, 0.2) is 59.5 Å². The second-order valence-electron chi connectivity index (χ2n) is 6.69. The summed E-state index contributed by atoms with van der Waals surface area (Å²) in [5.41, 5.74) is 0.682.